The Hall–Kier alpha value is -1.39. The van der Waals surface area contributed by atoms with Gasteiger partial charge >= 0.3 is 0 Å². The van der Waals surface area contributed by atoms with Crippen molar-refractivity contribution in [1.82, 2.24) is 9.97 Å². The quantitative estimate of drug-likeness (QED) is 0.627. The first-order valence-corrected chi connectivity index (χ1v) is 4.12. The molecule has 0 spiro atoms. The molecule has 0 amide bonds. The summed E-state index contributed by atoms with van der Waals surface area (Å²) in [6.07, 6.45) is 1.04. The molecule has 0 fully saturated rings. The second kappa shape index (κ2) is 3.16. The summed E-state index contributed by atoms with van der Waals surface area (Å²) in [5.74, 6) is 0. The third kappa shape index (κ3) is 1.41. The van der Waals surface area contributed by atoms with E-state index in [0.29, 0.717) is 0 Å². The highest BCUT2D eigenvalue weighted by molar-refractivity contribution is 5.75. The lowest BCUT2D eigenvalue weighted by Gasteiger charge is -2.06. The van der Waals surface area contributed by atoms with Gasteiger partial charge in [0.25, 0.3) is 0 Å². The first kappa shape index (κ1) is 8.22. The summed E-state index contributed by atoms with van der Waals surface area (Å²) in [6, 6.07) is 5.56. The smallest absolute Gasteiger partial charge is 0.0931 e. The zero-order valence-corrected chi connectivity index (χ0v) is 7.07. The Bertz CT molecular complexity index is 410. The SMILES string of the molecule is NC[C@@H](O)c1ccc2nc[nH]c2c1. The first-order chi connectivity index (χ1) is 6.31. The fraction of sp³-hybridized carbons (Fsp3) is 0.222. The molecule has 0 saturated carbocycles. The summed E-state index contributed by atoms with van der Waals surface area (Å²) in [7, 11) is 0. The number of nitrogens with two attached hydrogens (primary N) is 1. The van der Waals surface area contributed by atoms with Gasteiger partial charge in [0, 0.05) is 6.54 Å². The average molecular weight is 177 g/mol. The second-order valence-electron chi connectivity index (χ2n) is 2.93. The molecular formula is C9H11N3O. The van der Waals surface area contributed by atoms with E-state index in [9.17, 15) is 5.11 Å². The molecule has 0 unspecified atom stereocenters. The minimum atomic E-state index is -0.590. The van der Waals surface area contributed by atoms with Crippen molar-refractivity contribution in [3.63, 3.8) is 0 Å². The van der Waals surface area contributed by atoms with E-state index < -0.39 is 6.10 Å². The van der Waals surface area contributed by atoms with Crippen molar-refractivity contribution in [3.05, 3.63) is 30.1 Å². The molecule has 1 heterocycles. The van der Waals surface area contributed by atoms with Crippen molar-refractivity contribution < 1.29 is 5.11 Å². The fourth-order valence-corrected chi connectivity index (χ4v) is 1.30. The lowest BCUT2D eigenvalue weighted by Crippen LogP contribution is -2.11. The lowest BCUT2D eigenvalue weighted by atomic mass is 10.1. The number of benzene rings is 1. The van der Waals surface area contributed by atoms with Crippen LogP contribution in [0, 0.1) is 0 Å². The van der Waals surface area contributed by atoms with Crippen LogP contribution < -0.4 is 5.73 Å². The fourth-order valence-electron chi connectivity index (χ4n) is 1.30. The van der Waals surface area contributed by atoms with E-state index in [0.717, 1.165) is 16.6 Å². The molecule has 4 N–H and O–H groups in total. The highest BCUT2D eigenvalue weighted by Gasteiger charge is 2.05. The van der Waals surface area contributed by atoms with Crippen LogP contribution in [0.15, 0.2) is 24.5 Å². The summed E-state index contributed by atoms with van der Waals surface area (Å²) in [4.78, 5) is 7.05. The maximum absolute atomic E-state index is 9.47. The van der Waals surface area contributed by atoms with Gasteiger partial charge in [-0.3, -0.25) is 0 Å². The van der Waals surface area contributed by atoms with E-state index in [1.807, 2.05) is 18.2 Å². The highest BCUT2D eigenvalue weighted by Crippen LogP contribution is 2.16. The van der Waals surface area contributed by atoms with E-state index in [1.54, 1.807) is 6.33 Å². The minimum absolute atomic E-state index is 0.236. The third-order valence-electron chi connectivity index (χ3n) is 2.05. The van der Waals surface area contributed by atoms with Crippen molar-refractivity contribution in [1.29, 1.82) is 0 Å². The molecule has 1 aromatic carbocycles. The number of aliphatic hydroxyl groups is 1. The van der Waals surface area contributed by atoms with E-state index in [-0.39, 0.29) is 6.54 Å². The van der Waals surface area contributed by atoms with Gasteiger partial charge in [-0.05, 0) is 17.7 Å². The van der Waals surface area contributed by atoms with Crippen LogP contribution in [0.1, 0.15) is 11.7 Å². The Morgan fingerprint density at radius 1 is 1.54 bits per heavy atom. The third-order valence-corrected chi connectivity index (χ3v) is 2.05. The van der Waals surface area contributed by atoms with Gasteiger partial charge in [-0.2, -0.15) is 0 Å². The summed E-state index contributed by atoms with van der Waals surface area (Å²) in [5.41, 5.74) is 7.98. The van der Waals surface area contributed by atoms with Gasteiger partial charge in [0.15, 0.2) is 0 Å². The lowest BCUT2D eigenvalue weighted by molar-refractivity contribution is 0.187. The molecule has 2 rings (SSSR count). The maximum Gasteiger partial charge on any atom is 0.0931 e. The van der Waals surface area contributed by atoms with E-state index in [2.05, 4.69) is 9.97 Å². The van der Waals surface area contributed by atoms with E-state index >= 15 is 0 Å². The summed E-state index contributed by atoms with van der Waals surface area (Å²) in [5, 5.41) is 9.47. The second-order valence-corrected chi connectivity index (χ2v) is 2.93. The van der Waals surface area contributed by atoms with Gasteiger partial charge < -0.3 is 15.8 Å². The molecule has 1 aromatic heterocycles. The average Bonchev–Trinajstić information content (AvgIpc) is 2.63. The number of fused-ring (bicyclic) bond motifs is 1. The van der Waals surface area contributed by atoms with Crippen molar-refractivity contribution in [2.75, 3.05) is 6.54 Å². The predicted octanol–water partition coefficient (Wildman–Crippen LogP) is 0.555. The monoisotopic (exact) mass is 177 g/mol. The Balaban J connectivity index is 2.48. The number of nitrogens with one attached hydrogen (secondary N) is 1. The number of aromatic nitrogens is 2. The molecule has 0 aliphatic rings. The largest absolute Gasteiger partial charge is 0.387 e. The van der Waals surface area contributed by atoms with Crippen molar-refractivity contribution in [2.24, 2.45) is 5.73 Å². The minimum Gasteiger partial charge on any atom is -0.387 e. The Kier molecular flexibility index (Phi) is 2.00. The Morgan fingerprint density at radius 3 is 3.15 bits per heavy atom. The number of H-pyrrole nitrogens is 1. The zero-order valence-electron chi connectivity index (χ0n) is 7.07. The van der Waals surface area contributed by atoms with Gasteiger partial charge in [-0.15, -0.1) is 0 Å². The number of aliphatic hydroxyl groups excluding tert-OH is 1. The Morgan fingerprint density at radius 2 is 2.38 bits per heavy atom. The van der Waals surface area contributed by atoms with Crippen LogP contribution in [0.3, 0.4) is 0 Å². The van der Waals surface area contributed by atoms with E-state index in [1.165, 1.54) is 0 Å². The zero-order chi connectivity index (χ0) is 9.26. The normalized spacial score (nSPS) is 13.4. The number of aromatic amines is 1. The van der Waals surface area contributed by atoms with Crippen LogP contribution >= 0.6 is 0 Å². The summed E-state index contributed by atoms with van der Waals surface area (Å²) in [6.45, 7) is 0.236. The molecule has 68 valence electrons. The van der Waals surface area contributed by atoms with Crippen LogP contribution in [0.5, 0.6) is 0 Å². The van der Waals surface area contributed by atoms with Crippen LogP contribution in [-0.4, -0.2) is 21.6 Å². The summed E-state index contributed by atoms with van der Waals surface area (Å²) >= 11 is 0. The van der Waals surface area contributed by atoms with Crippen LogP contribution in [0.4, 0.5) is 0 Å². The van der Waals surface area contributed by atoms with Gasteiger partial charge in [-0.25, -0.2) is 4.98 Å². The molecular weight excluding hydrogens is 166 g/mol. The first-order valence-electron chi connectivity index (χ1n) is 4.12. The molecule has 1 atom stereocenters. The number of hydrogen-bond donors (Lipinski definition) is 3. The highest BCUT2D eigenvalue weighted by atomic mass is 16.3. The molecule has 0 bridgehead atoms. The molecule has 4 nitrogen and oxygen atoms in total. The number of imidazole rings is 1. The van der Waals surface area contributed by atoms with Crippen LogP contribution in [0.25, 0.3) is 11.0 Å². The number of nitrogens with zero attached hydrogens (tertiary/aromatic N) is 1. The molecule has 0 saturated heterocycles. The Labute approximate surface area is 75.4 Å². The number of hydrogen-bond acceptors (Lipinski definition) is 3. The number of rotatable bonds is 2. The molecule has 0 radical (unpaired) electrons. The predicted molar refractivity (Wildman–Crippen MR) is 50.1 cm³/mol. The molecule has 13 heavy (non-hydrogen) atoms. The molecule has 0 aliphatic carbocycles. The van der Waals surface area contributed by atoms with Crippen LogP contribution in [-0.2, 0) is 0 Å². The van der Waals surface area contributed by atoms with Gasteiger partial charge in [0.1, 0.15) is 0 Å². The molecule has 4 heteroatoms. The maximum atomic E-state index is 9.47. The molecule has 0 aliphatic heterocycles. The van der Waals surface area contributed by atoms with Crippen molar-refractivity contribution in [3.8, 4) is 0 Å². The van der Waals surface area contributed by atoms with Gasteiger partial charge in [0.2, 0.25) is 0 Å². The van der Waals surface area contributed by atoms with E-state index in [4.69, 9.17) is 5.73 Å². The standard InChI is InChI=1S/C9H11N3O/c10-4-9(13)6-1-2-7-8(3-6)12-5-11-7/h1-3,5,9,13H,4,10H2,(H,11,12)/t9-/m1/s1. The topological polar surface area (TPSA) is 74.9 Å². The van der Waals surface area contributed by atoms with Gasteiger partial charge in [-0.1, -0.05) is 6.07 Å². The summed E-state index contributed by atoms with van der Waals surface area (Å²) < 4.78 is 0. The van der Waals surface area contributed by atoms with Gasteiger partial charge in [0.05, 0.1) is 23.5 Å². The van der Waals surface area contributed by atoms with Crippen molar-refractivity contribution in [2.45, 2.75) is 6.10 Å². The molecule has 2 aromatic rings. The van der Waals surface area contributed by atoms with Crippen molar-refractivity contribution >= 4 is 11.0 Å². The van der Waals surface area contributed by atoms with Crippen LogP contribution in [0.2, 0.25) is 0 Å².